The molecule has 7 heteroatoms. The van der Waals surface area contributed by atoms with Crippen molar-refractivity contribution in [2.24, 2.45) is 10.2 Å². The maximum Gasteiger partial charge on any atom is 0.338 e. The summed E-state index contributed by atoms with van der Waals surface area (Å²) in [6.07, 6.45) is 14.9. The molecule has 0 radical (unpaired) electrons. The Hall–Kier alpha value is -3.35. The average molecular weight is 537 g/mol. The lowest BCUT2D eigenvalue weighted by atomic mass is 10.1. The van der Waals surface area contributed by atoms with Crippen LogP contribution < -0.4 is 10.2 Å². The molecule has 0 aromatic heterocycles. The van der Waals surface area contributed by atoms with Gasteiger partial charge < -0.3 is 9.47 Å². The lowest BCUT2D eigenvalue weighted by molar-refractivity contribution is -0.134. The first kappa shape index (κ1) is 31.9. The fourth-order valence-electron chi connectivity index (χ4n) is 4.00. The number of carbonyl (C=O) groups excluding carboxylic acids is 2. The monoisotopic (exact) mass is 536 g/mol. The molecule has 0 saturated carbocycles. The topological polar surface area (TPSA) is 94.4 Å². The van der Waals surface area contributed by atoms with Crippen molar-refractivity contribution in [1.29, 1.82) is 0 Å². The van der Waals surface area contributed by atoms with Crippen LogP contribution in [0.4, 0.5) is 11.4 Å². The van der Waals surface area contributed by atoms with E-state index in [1.54, 1.807) is 30.3 Å². The molecule has 7 nitrogen and oxygen atoms in total. The second-order valence-electron chi connectivity index (χ2n) is 9.82. The highest BCUT2D eigenvalue weighted by Gasteiger charge is 2.08. The van der Waals surface area contributed by atoms with E-state index in [0.717, 1.165) is 32.1 Å². The summed E-state index contributed by atoms with van der Waals surface area (Å²) < 4.78 is 10.6. The van der Waals surface area contributed by atoms with Gasteiger partial charge in [0.1, 0.15) is 0 Å². The normalized spacial score (nSPS) is 11.0. The van der Waals surface area contributed by atoms with Gasteiger partial charge in [0.2, 0.25) is 5.43 Å². The van der Waals surface area contributed by atoms with Crippen LogP contribution >= 0.6 is 0 Å². The van der Waals surface area contributed by atoms with E-state index in [2.05, 4.69) is 24.1 Å². The van der Waals surface area contributed by atoms with Gasteiger partial charge in [-0.3, -0.25) is 9.59 Å². The summed E-state index contributed by atoms with van der Waals surface area (Å²) >= 11 is 0. The molecule has 39 heavy (non-hydrogen) atoms. The molecule has 0 unspecified atom stereocenters. The van der Waals surface area contributed by atoms with Gasteiger partial charge in [0.15, 0.2) is 5.75 Å². The number of hydrogen-bond donors (Lipinski definition) is 0. The molecule has 0 fully saturated rings. The van der Waals surface area contributed by atoms with Crippen molar-refractivity contribution in [1.82, 2.24) is 0 Å². The molecule has 2 aromatic carbocycles. The van der Waals surface area contributed by atoms with E-state index < -0.39 is 11.4 Å². The molecular formula is C32H44N2O5. The third kappa shape index (κ3) is 13.8. The molecule has 2 aromatic rings. The predicted octanol–water partition coefficient (Wildman–Crippen LogP) is 9.03. The van der Waals surface area contributed by atoms with Gasteiger partial charge in [-0.1, -0.05) is 84.5 Å². The zero-order valence-corrected chi connectivity index (χ0v) is 23.7. The largest absolute Gasteiger partial charge is 0.462 e. The van der Waals surface area contributed by atoms with Gasteiger partial charge in [0.05, 0.1) is 23.5 Å². The van der Waals surface area contributed by atoms with E-state index in [9.17, 15) is 14.4 Å². The lowest BCUT2D eigenvalue weighted by Gasteiger charge is -2.05. The lowest BCUT2D eigenvalue weighted by Crippen LogP contribution is -2.12. The van der Waals surface area contributed by atoms with Gasteiger partial charge in [-0.2, -0.15) is 10.2 Å². The highest BCUT2D eigenvalue weighted by Crippen LogP contribution is 2.19. The van der Waals surface area contributed by atoms with Crippen molar-refractivity contribution in [3.63, 3.8) is 0 Å². The van der Waals surface area contributed by atoms with Gasteiger partial charge >= 0.3 is 11.9 Å². The van der Waals surface area contributed by atoms with Crippen LogP contribution in [-0.4, -0.2) is 18.5 Å². The fraction of sp³-hybridized carbons (Fsp3) is 0.531. The quantitative estimate of drug-likeness (QED) is 0.101. The average Bonchev–Trinajstić information content (AvgIpc) is 3.12. The van der Waals surface area contributed by atoms with Gasteiger partial charge in [0.25, 0.3) is 0 Å². The number of esters is 2. The summed E-state index contributed by atoms with van der Waals surface area (Å²) in [5, 5.41) is 8.34. The van der Waals surface area contributed by atoms with E-state index in [1.807, 2.05) is 0 Å². The minimum Gasteiger partial charge on any atom is -0.462 e. The molecular weight excluding hydrogens is 492 g/mol. The predicted molar refractivity (Wildman–Crippen MR) is 155 cm³/mol. The number of nitrogens with zero attached hydrogens (tertiary/aromatic N) is 2. The van der Waals surface area contributed by atoms with Crippen molar-refractivity contribution < 1.29 is 19.1 Å². The van der Waals surface area contributed by atoms with Gasteiger partial charge in [0, 0.05) is 6.42 Å². The maximum absolute atomic E-state index is 12.3. The third-order valence-corrected chi connectivity index (χ3v) is 6.38. The van der Waals surface area contributed by atoms with Crippen LogP contribution in [0.1, 0.15) is 114 Å². The summed E-state index contributed by atoms with van der Waals surface area (Å²) in [5.41, 5.74) is 1.06. The van der Waals surface area contributed by atoms with Crippen LogP contribution in [0.3, 0.4) is 0 Å². The Bertz CT molecular complexity index is 1080. The molecule has 0 spiro atoms. The molecule has 0 bridgehead atoms. The Morgan fingerprint density at radius 1 is 0.641 bits per heavy atom. The number of unbranched alkanes of at least 4 members (excludes halogenated alkanes) is 11. The van der Waals surface area contributed by atoms with E-state index in [0.29, 0.717) is 30.0 Å². The van der Waals surface area contributed by atoms with Crippen molar-refractivity contribution >= 4 is 23.3 Å². The second-order valence-corrected chi connectivity index (χ2v) is 9.82. The first-order valence-corrected chi connectivity index (χ1v) is 14.6. The maximum atomic E-state index is 12.3. The first-order valence-electron chi connectivity index (χ1n) is 14.6. The molecule has 0 atom stereocenters. The number of hydrogen-bond acceptors (Lipinski definition) is 7. The number of benzene rings is 1. The molecule has 0 N–H and O–H groups in total. The molecule has 2 rings (SSSR count). The summed E-state index contributed by atoms with van der Waals surface area (Å²) in [6, 6.07) is 12.5. The molecule has 0 amide bonds. The van der Waals surface area contributed by atoms with Crippen LogP contribution in [0.2, 0.25) is 0 Å². The Balaban J connectivity index is 1.80. The second kappa shape index (κ2) is 19.7. The number of carbonyl (C=O) groups is 2. The minimum absolute atomic E-state index is 0.0202. The number of rotatable bonds is 19. The molecule has 0 aliphatic carbocycles. The zero-order valence-electron chi connectivity index (χ0n) is 23.7. The molecule has 0 saturated heterocycles. The van der Waals surface area contributed by atoms with E-state index in [4.69, 9.17) is 9.47 Å². The summed E-state index contributed by atoms with van der Waals surface area (Å²) in [7, 11) is 0. The summed E-state index contributed by atoms with van der Waals surface area (Å²) in [5.74, 6) is -0.770. The molecule has 212 valence electrons. The van der Waals surface area contributed by atoms with Crippen LogP contribution in [0.15, 0.2) is 63.6 Å². The Labute approximate surface area is 233 Å². The SMILES string of the molecule is CCCCCCCCCC(=O)Oc1ccc(N=Nc2ccc(C(=O)OCCCCCCCC)cc2)ccc1=O. The standard InChI is InChI=1S/C32H44N2O5/c1-3-5-7-9-11-12-14-16-31(36)39-30-24-22-28(21-23-29(30)35)34-33-27-19-17-26(18-20-27)32(37)38-25-15-13-10-8-6-4-2/h17-24H,3-16,25H2,1-2H3. The number of azo groups is 1. The third-order valence-electron chi connectivity index (χ3n) is 6.38. The first-order chi connectivity index (χ1) is 19.0. The summed E-state index contributed by atoms with van der Waals surface area (Å²) in [4.78, 5) is 36.7. The highest BCUT2D eigenvalue weighted by molar-refractivity contribution is 5.89. The Morgan fingerprint density at radius 2 is 1.15 bits per heavy atom. The fourth-order valence-corrected chi connectivity index (χ4v) is 4.00. The van der Waals surface area contributed by atoms with Crippen LogP contribution in [0.5, 0.6) is 5.75 Å². The minimum atomic E-state index is -0.402. The van der Waals surface area contributed by atoms with Crippen LogP contribution in [0, 0.1) is 0 Å². The van der Waals surface area contributed by atoms with E-state index >= 15 is 0 Å². The van der Waals surface area contributed by atoms with E-state index in [1.165, 1.54) is 69.6 Å². The van der Waals surface area contributed by atoms with Crippen molar-refractivity contribution in [3.05, 3.63) is 64.3 Å². The van der Waals surface area contributed by atoms with Gasteiger partial charge in [-0.15, -0.1) is 0 Å². The van der Waals surface area contributed by atoms with Crippen molar-refractivity contribution in [2.45, 2.75) is 104 Å². The van der Waals surface area contributed by atoms with Crippen molar-refractivity contribution in [2.75, 3.05) is 6.61 Å². The van der Waals surface area contributed by atoms with Crippen LogP contribution in [-0.2, 0) is 9.53 Å². The molecule has 0 heterocycles. The zero-order chi connectivity index (χ0) is 28.1. The van der Waals surface area contributed by atoms with Gasteiger partial charge in [-0.05, 0) is 61.4 Å². The highest BCUT2D eigenvalue weighted by atomic mass is 16.5. The van der Waals surface area contributed by atoms with Gasteiger partial charge in [-0.25, -0.2) is 4.79 Å². The van der Waals surface area contributed by atoms with Crippen molar-refractivity contribution in [3.8, 4) is 5.75 Å². The Kier molecular flexibility index (Phi) is 16.1. The number of ether oxygens (including phenoxy) is 2. The smallest absolute Gasteiger partial charge is 0.338 e. The van der Waals surface area contributed by atoms with E-state index in [-0.39, 0.29) is 11.7 Å². The summed E-state index contributed by atoms with van der Waals surface area (Å²) in [6.45, 7) is 4.80. The molecule has 0 aliphatic rings. The Morgan fingerprint density at radius 3 is 1.77 bits per heavy atom. The van der Waals surface area contributed by atoms with Crippen LogP contribution in [0.25, 0.3) is 0 Å². The molecule has 0 aliphatic heterocycles.